The average Bonchev–Trinajstić information content (AvgIpc) is 2.99. The van der Waals surface area contributed by atoms with Gasteiger partial charge in [0.1, 0.15) is 6.33 Å². The fourth-order valence-electron chi connectivity index (χ4n) is 2.48. The second kappa shape index (κ2) is 4.78. The molecular formula is C13H17N5. The third-order valence-corrected chi connectivity index (χ3v) is 3.40. The van der Waals surface area contributed by atoms with E-state index in [-0.39, 0.29) is 0 Å². The van der Waals surface area contributed by atoms with Crippen LogP contribution in [0.4, 0.5) is 5.95 Å². The van der Waals surface area contributed by atoms with Crippen molar-refractivity contribution < 1.29 is 0 Å². The summed E-state index contributed by atoms with van der Waals surface area (Å²) in [5.74, 6) is 0.358. The lowest BCUT2D eigenvalue weighted by Crippen LogP contribution is -2.21. The highest BCUT2D eigenvalue weighted by molar-refractivity contribution is 5.15. The SMILES string of the molecule is Nc1ncn(C2CCN(Cc3ccccc3)C2)n1. The highest BCUT2D eigenvalue weighted by atomic mass is 15.4. The number of benzene rings is 1. The van der Waals surface area contributed by atoms with Crippen molar-refractivity contribution in [3.63, 3.8) is 0 Å². The Bertz CT molecular complexity index is 507. The van der Waals surface area contributed by atoms with E-state index in [1.807, 2.05) is 4.68 Å². The standard InChI is InChI=1S/C13H17N5/c14-13-15-10-18(16-13)12-6-7-17(9-12)8-11-4-2-1-3-5-11/h1-5,10,12H,6-9H2,(H2,14,16). The highest BCUT2D eigenvalue weighted by Gasteiger charge is 2.24. The minimum atomic E-state index is 0.358. The first-order chi connectivity index (χ1) is 8.81. The van der Waals surface area contributed by atoms with Crippen LogP contribution in [0.5, 0.6) is 0 Å². The van der Waals surface area contributed by atoms with E-state index in [1.54, 1.807) is 6.33 Å². The van der Waals surface area contributed by atoms with Crippen molar-refractivity contribution >= 4 is 5.95 Å². The molecule has 1 aliphatic rings. The Kier molecular flexibility index (Phi) is 2.98. The van der Waals surface area contributed by atoms with E-state index in [1.165, 1.54) is 5.56 Å². The summed E-state index contributed by atoms with van der Waals surface area (Å²) in [6.45, 7) is 3.11. The lowest BCUT2D eigenvalue weighted by Gasteiger charge is -2.15. The summed E-state index contributed by atoms with van der Waals surface area (Å²) in [4.78, 5) is 6.42. The molecule has 2 N–H and O–H groups in total. The molecule has 0 aliphatic carbocycles. The van der Waals surface area contributed by atoms with Crippen molar-refractivity contribution in [2.45, 2.75) is 19.0 Å². The van der Waals surface area contributed by atoms with E-state index in [9.17, 15) is 0 Å². The van der Waals surface area contributed by atoms with Crippen LogP contribution in [0.1, 0.15) is 18.0 Å². The maximum Gasteiger partial charge on any atom is 0.239 e. The lowest BCUT2D eigenvalue weighted by molar-refractivity contribution is 0.311. The second-order valence-electron chi connectivity index (χ2n) is 4.75. The van der Waals surface area contributed by atoms with Crippen molar-refractivity contribution in [2.75, 3.05) is 18.8 Å². The molecule has 1 saturated heterocycles. The maximum atomic E-state index is 5.55. The molecule has 0 saturated carbocycles. The fourth-order valence-corrected chi connectivity index (χ4v) is 2.48. The predicted molar refractivity (Wildman–Crippen MR) is 69.8 cm³/mol. The molecule has 1 aliphatic heterocycles. The van der Waals surface area contributed by atoms with Crippen molar-refractivity contribution in [3.05, 3.63) is 42.2 Å². The Morgan fingerprint density at radius 1 is 1.28 bits per heavy atom. The Hall–Kier alpha value is -1.88. The monoisotopic (exact) mass is 243 g/mol. The number of anilines is 1. The summed E-state index contributed by atoms with van der Waals surface area (Å²) >= 11 is 0. The molecule has 5 nitrogen and oxygen atoms in total. The zero-order chi connectivity index (χ0) is 12.4. The van der Waals surface area contributed by atoms with Gasteiger partial charge in [-0.25, -0.2) is 9.67 Å². The molecule has 5 heteroatoms. The number of aromatic nitrogens is 3. The van der Waals surface area contributed by atoms with Gasteiger partial charge in [-0.1, -0.05) is 30.3 Å². The van der Waals surface area contributed by atoms with E-state index in [0.717, 1.165) is 26.1 Å². The van der Waals surface area contributed by atoms with Gasteiger partial charge in [0.05, 0.1) is 6.04 Å². The summed E-state index contributed by atoms with van der Waals surface area (Å²) in [5.41, 5.74) is 6.91. The first-order valence-corrected chi connectivity index (χ1v) is 6.24. The molecule has 1 fully saturated rings. The molecule has 2 aromatic rings. The zero-order valence-corrected chi connectivity index (χ0v) is 10.2. The van der Waals surface area contributed by atoms with Crippen LogP contribution in [-0.2, 0) is 6.54 Å². The smallest absolute Gasteiger partial charge is 0.239 e. The normalized spacial score (nSPS) is 20.3. The van der Waals surface area contributed by atoms with Crippen LogP contribution in [-0.4, -0.2) is 32.8 Å². The number of nitrogens with zero attached hydrogens (tertiary/aromatic N) is 4. The average molecular weight is 243 g/mol. The first-order valence-electron chi connectivity index (χ1n) is 6.24. The molecule has 1 aromatic heterocycles. The number of rotatable bonds is 3. The highest BCUT2D eigenvalue weighted by Crippen LogP contribution is 2.22. The van der Waals surface area contributed by atoms with Crippen molar-refractivity contribution in [3.8, 4) is 0 Å². The van der Waals surface area contributed by atoms with E-state index < -0.39 is 0 Å². The molecule has 0 bridgehead atoms. The third kappa shape index (κ3) is 2.36. The summed E-state index contributed by atoms with van der Waals surface area (Å²) in [6.07, 6.45) is 2.83. The van der Waals surface area contributed by atoms with Crippen molar-refractivity contribution in [1.29, 1.82) is 0 Å². The van der Waals surface area contributed by atoms with Gasteiger partial charge in [-0.2, -0.15) is 0 Å². The van der Waals surface area contributed by atoms with E-state index in [2.05, 4.69) is 45.3 Å². The van der Waals surface area contributed by atoms with Crippen LogP contribution in [0.2, 0.25) is 0 Å². The molecule has 2 heterocycles. The fraction of sp³-hybridized carbons (Fsp3) is 0.385. The van der Waals surface area contributed by atoms with Crippen LogP contribution in [0.3, 0.4) is 0 Å². The van der Waals surface area contributed by atoms with Crippen molar-refractivity contribution in [2.24, 2.45) is 0 Å². The number of nitrogens with two attached hydrogens (primary N) is 1. The van der Waals surface area contributed by atoms with Gasteiger partial charge in [-0.3, -0.25) is 4.90 Å². The van der Waals surface area contributed by atoms with Gasteiger partial charge in [0, 0.05) is 19.6 Å². The van der Waals surface area contributed by atoms with E-state index >= 15 is 0 Å². The predicted octanol–water partition coefficient (Wildman–Crippen LogP) is 1.31. The largest absolute Gasteiger partial charge is 0.367 e. The van der Waals surface area contributed by atoms with Gasteiger partial charge < -0.3 is 5.73 Å². The minimum absolute atomic E-state index is 0.358. The summed E-state index contributed by atoms with van der Waals surface area (Å²) in [7, 11) is 0. The summed E-state index contributed by atoms with van der Waals surface area (Å²) in [5, 5.41) is 4.19. The second-order valence-corrected chi connectivity index (χ2v) is 4.75. The first kappa shape index (κ1) is 11.2. The van der Waals surface area contributed by atoms with Gasteiger partial charge in [-0.05, 0) is 12.0 Å². The summed E-state index contributed by atoms with van der Waals surface area (Å²) in [6, 6.07) is 11.0. The van der Waals surface area contributed by atoms with Crippen LogP contribution >= 0.6 is 0 Å². The molecule has 1 unspecified atom stereocenters. The molecular weight excluding hydrogens is 226 g/mol. The Balaban J connectivity index is 1.62. The third-order valence-electron chi connectivity index (χ3n) is 3.40. The number of likely N-dealkylation sites (tertiary alicyclic amines) is 1. The number of nitrogen functional groups attached to an aromatic ring is 1. The molecule has 0 amide bonds. The number of hydrogen-bond donors (Lipinski definition) is 1. The molecule has 18 heavy (non-hydrogen) atoms. The Morgan fingerprint density at radius 3 is 2.83 bits per heavy atom. The lowest BCUT2D eigenvalue weighted by atomic mass is 10.2. The van der Waals surface area contributed by atoms with Gasteiger partial charge in [0.15, 0.2) is 0 Å². The molecule has 0 spiro atoms. The van der Waals surface area contributed by atoms with Crippen LogP contribution in [0.15, 0.2) is 36.7 Å². The van der Waals surface area contributed by atoms with Crippen LogP contribution in [0.25, 0.3) is 0 Å². The van der Waals surface area contributed by atoms with E-state index in [4.69, 9.17) is 5.73 Å². The number of hydrogen-bond acceptors (Lipinski definition) is 4. The molecule has 1 aromatic carbocycles. The minimum Gasteiger partial charge on any atom is -0.367 e. The van der Waals surface area contributed by atoms with E-state index in [0.29, 0.717) is 12.0 Å². The Morgan fingerprint density at radius 2 is 2.11 bits per heavy atom. The molecule has 0 radical (unpaired) electrons. The summed E-state index contributed by atoms with van der Waals surface area (Å²) < 4.78 is 1.89. The maximum absolute atomic E-state index is 5.55. The Labute approximate surface area is 106 Å². The molecule has 3 rings (SSSR count). The van der Waals surface area contributed by atoms with Gasteiger partial charge in [-0.15, -0.1) is 5.10 Å². The van der Waals surface area contributed by atoms with Gasteiger partial charge in [0.2, 0.25) is 5.95 Å². The quantitative estimate of drug-likeness (QED) is 0.883. The van der Waals surface area contributed by atoms with Crippen LogP contribution < -0.4 is 5.73 Å². The van der Waals surface area contributed by atoms with Crippen molar-refractivity contribution in [1.82, 2.24) is 19.7 Å². The molecule has 1 atom stereocenters. The van der Waals surface area contributed by atoms with Gasteiger partial charge in [0.25, 0.3) is 0 Å². The topological polar surface area (TPSA) is 60.0 Å². The molecule has 94 valence electrons. The zero-order valence-electron chi connectivity index (χ0n) is 10.2. The van der Waals surface area contributed by atoms with Crippen LogP contribution in [0, 0.1) is 0 Å². The van der Waals surface area contributed by atoms with Gasteiger partial charge >= 0.3 is 0 Å².